The third kappa shape index (κ3) is 2.49. The number of hydrogen-bond donors (Lipinski definition) is 0. The molecule has 0 saturated carbocycles. The standard InChI is InChI=1S/C17H13BrO/c1-19-17-8-7-14-9-13(5-6-15(14)11-17)12-3-2-4-16(18)10-12/h2-11H,1H3. The lowest BCUT2D eigenvalue weighted by molar-refractivity contribution is 0.415. The van der Waals surface area contributed by atoms with E-state index in [2.05, 4.69) is 64.5 Å². The Labute approximate surface area is 121 Å². The average Bonchev–Trinajstić information content (AvgIpc) is 2.46. The topological polar surface area (TPSA) is 9.23 Å². The predicted octanol–water partition coefficient (Wildman–Crippen LogP) is 5.28. The molecule has 0 bridgehead atoms. The first-order valence-corrected chi connectivity index (χ1v) is 6.89. The normalized spacial score (nSPS) is 10.6. The summed E-state index contributed by atoms with van der Waals surface area (Å²) in [6.07, 6.45) is 0. The molecule has 0 heterocycles. The highest BCUT2D eigenvalue weighted by molar-refractivity contribution is 9.10. The van der Waals surface area contributed by atoms with Crippen molar-refractivity contribution in [1.29, 1.82) is 0 Å². The van der Waals surface area contributed by atoms with E-state index in [1.807, 2.05) is 12.1 Å². The molecule has 0 amide bonds. The van der Waals surface area contributed by atoms with Crippen molar-refractivity contribution >= 4 is 26.7 Å². The van der Waals surface area contributed by atoms with Crippen molar-refractivity contribution in [2.45, 2.75) is 0 Å². The molecule has 0 fully saturated rings. The van der Waals surface area contributed by atoms with Gasteiger partial charge in [0.05, 0.1) is 7.11 Å². The van der Waals surface area contributed by atoms with Crippen molar-refractivity contribution in [3.8, 4) is 16.9 Å². The zero-order valence-corrected chi connectivity index (χ0v) is 12.1. The Morgan fingerprint density at radius 3 is 2.32 bits per heavy atom. The van der Waals surface area contributed by atoms with Gasteiger partial charge in [-0.15, -0.1) is 0 Å². The van der Waals surface area contributed by atoms with Gasteiger partial charge in [-0.1, -0.05) is 46.3 Å². The van der Waals surface area contributed by atoms with Crippen LogP contribution >= 0.6 is 15.9 Å². The summed E-state index contributed by atoms with van der Waals surface area (Å²) in [6, 6.07) is 21.0. The molecule has 0 aliphatic rings. The molecule has 3 rings (SSSR count). The van der Waals surface area contributed by atoms with Crippen LogP contribution in [0, 0.1) is 0 Å². The zero-order valence-electron chi connectivity index (χ0n) is 10.6. The van der Waals surface area contributed by atoms with Gasteiger partial charge in [0.2, 0.25) is 0 Å². The second-order valence-corrected chi connectivity index (χ2v) is 5.35. The Morgan fingerprint density at radius 1 is 0.789 bits per heavy atom. The molecule has 3 aromatic rings. The van der Waals surface area contributed by atoms with Gasteiger partial charge in [0.1, 0.15) is 5.75 Å². The highest BCUT2D eigenvalue weighted by Gasteiger charge is 2.01. The van der Waals surface area contributed by atoms with E-state index >= 15 is 0 Å². The van der Waals surface area contributed by atoms with Gasteiger partial charge in [0.15, 0.2) is 0 Å². The van der Waals surface area contributed by atoms with Crippen LogP contribution in [0.2, 0.25) is 0 Å². The van der Waals surface area contributed by atoms with Crippen LogP contribution in [0.3, 0.4) is 0 Å². The van der Waals surface area contributed by atoms with E-state index in [-0.39, 0.29) is 0 Å². The molecule has 0 saturated heterocycles. The first-order valence-electron chi connectivity index (χ1n) is 6.10. The predicted molar refractivity (Wildman–Crippen MR) is 83.6 cm³/mol. The summed E-state index contributed by atoms with van der Waals surface area (Å²) in [4.78, 5) is 0. The maximum absolute atomic E-state index is 5.25. The molecular weight excluding hydrogens is 300 g/mol. The van der Waals surface area contributed by atoms with Gasteiger partial charge in [-0.3, -0.25) is 0 Å². The number of rotatable bonds is 2. The molecule has 2 heteroatoms. The lowest BCUT2D eigenvalue weighted by Crippen LogP contribution is -1.83. The molecule has 3 aromatic carbocycles. The molecule has 0 aliphatic carbocycles. The summed E-state index contributed by atoms with van der Waals surface area (Å²) in [5, 5.41) is 2.41. The van der Waals surface area contributed by atoms with Gasteiger partial charge in [0.25, 0.3) is 0 Å². The Balaban J connectivity index is 2.11. The fourth-order valence-electron chi connectivity index (χ4n) is 2.20. The zero-order chi connectivity index (χ0) is 13.2. The summed E-state index contributed by atoms with van der Waals surface area (Å²) in [5.41, 5.74) is 2.44. The van der Waals surface area contributed by atoms with E-state index in [0.29, 0.717) is 0 Å². The van der Waals surface area contributed by atoms with Gasteiger partial charge in [-0.05, 0) is 52.2 Å². The number of halogens is 1. The average molecular weight is 313 g/mol. The van der Waals surface area contributed by atoms with Crippen LogP contribution in [0.4, 0.5) is 0 Å². The number of hydrogen-bond acceptors (Lipinski definition) is 1. The summed E-state index contributed by atoms with van der Waals surface area (Å²) < 4.78 is 6.34. The molecule has 19 heavy (non-hydrogen) atoms. The van der Waals surface area contributed by atoms with Crippen molar-refractivity contribution in [1.82, 2.24) is 0 Å². The quantitative estimate of drug-likeness (QED) is 0.625. The van der Waals surface area contributed by atoms with E-state index in [1.54, 1.807) is 7.11 Å². The molecule has 0 aromatic heterocycles. The molecule has 0 unspecified atom stereocenters. The SMILES string of the molecule is COc1ccc2cc(-c3cccc(Br)c3)ccc2c1. The highest BCUT2D eigenvalue weighted by atomic mass is 79.9. The van der Waals surface area contributed by atoms with E-state index < -0.39 is 0 Å². The smallest absolute Gasteiger partial charge is 0.119 e. The molecule has 1 nitrogen and oxygen atoms in total. The Hall–Kier alpha value is -1.80. The second-order valence-electron chi connectivity index (χ2n) is 4.44. The summed E-state index contributed by atoms with van der Waals surface area (Å²) in [6.45, 7) is 0. The first kappa shape index (κ1) is 12.2. The van der Waals surface area contributed by atoms with E-state index in [9.17, 15) is 0 Å². The molecule has 0 radical (unpaired) electrons. The third-order valence-electron chi connectivity index (χ3n) is 3.21. The Bertz CT molecular complexity index is 734. The van der Waals surface area contributed by atoms with Crippen LogP contribution in [-0.2, 0) is 0 Å². The van der Waals surface area contributed by atoms with Crippen LogP contribution in [-0.4, -0.2) is 7.11 Å². The summed E-state index contributed by atoms with van der Waals surface area (Å²) in [5.74, 6) is 0.891. The second kappa shape index (κ2) is 5.06. The van der Waals surface area contributed by atoms with Gasteiger partial charge >= 0.3 is 0 Å². The Kier molecular flexibility index (Phi) is 3.26. The molecule has 94 valence electrons. The maximum atomic E-state index is 5.25. The van der Waals surface area contributed by atoms with Gasteiger partial charge in [-0.25, -0.2) is 0 Å². The molecule has 0 spiro atoms. The third-order valence-corrected chi connectivity index (χ3v) is 3.70. The monoisotopic (exact) mass is 312 g/mol. The van der Waals surface area contributed by atoms with Crippen molar-refractivity contribution in [3.05, 3.63) is 65.1 Å². The van der Waals surface area contributed by atoms with Gasteiger partial charge in [0, 0.05) is 4.47 Å². The minimum atomic E-state index is 0.891. The molecule has 0 atom stereocenters. The van der Waals surface area contributed by atoms with Crippen molar-refractivity contribution in [2.75, 3.05) is 7.11 Å². The maximum Gasteiger partial charge on any atom is 0.119 e. The number of fused-ring (bicyclic) bond motifs is 1. The fourth-order valence-corrected chi connectivity index (χ4v) is 2.60. The van der Waals surface area contributed by atoms with Crippen LogP contribution in [0.5, 0.6) is 5.75 Å². The summed E-state index contributed by atoms with van der Waals surface area (Å²) >= 11 is 3.51. The van der Waals surface area contributed by atoms with E-state index in [4.69, 9.17) is 4.74 Å². The lowest BCUT2D eigenvalue weighted by Gasteiger charge is -2.06. The van der Waals surface area contributed by atoms with Gasteiger partial charge in [-0.2, -0.15) is 0 Å². The van der Waals surface area contributed by atoms with Crippen LogP contribution < -0.4 is 4.74 Å². The van der Waals surface area contributed by atoms with Crippen molar-refractivity contribution in [2.24, 2.45) is 0 Å². The van der Waals surface area contributed by atoms with Crippen LogP contribution in [0.15, 0.2) is 65.1 Å². The fraction of sp³-hybridized carbons (Fsp3) is 0.0588. The number of ether oxygens (including phenoxy) is 1. The molecule has 0 aliphatic heterocycles. The number of methoxy groups -OCH3 is 1. The highest BCUT2D eigenvalue weighted by Crippen LogP contribution is 2.28. The largest absolute Gasteiger partial charge is 0.497 e. The van der Waals surface area contributed by atoms with E-state index in [0.717, 1.165) is 10.2 Å². The van der Waals surface area contributed by atoms with Crippen LogP contribution in [0.25, 0.3) is 21.9 Å². The van der Waals surface area contributed by atoms with Crippen LogP contribution in [0.1, 0.15) is 0 Å². The van der Waals surface area contributed by atoms with E-state index in [1.165, 1.54) is 21.9 Å². The lowest BCUT2D eigenvalue weighted by atomic mass is 10.0. The Morgan fingerprint density at radius 2 is 1.53 bits per heavy atom. The van der Waals surface area contributed by atoms with Crippen molar-refractivity contribution in [3.63, 3.8) is 0 Å². The van der Waals surface area contributed by atoms with Gasteiger partial charge < -0.3 is 4.74 Å². The number of benzene rings is 3. The van der Waals surface area contributed by atoms with Crippen molar-refractivity contribution < 1.29 is 4.74 Å². The molecular formula is C17H13BrO. The minimum absolute atomic E-state index is 0.891. The first-order chi connectivity index (χ1) is 9.26. The summed E-state index contributed by atoms with van der Waals surface area (Å²) in [7, 11) is 1.69. The molecule has 0 N–H and O–H groups in total. The minimum Gasteiger partial charge on any atom is -0.497 e.